The predicted octanol–water partition coefficient (Wildman–Crippen LogP) is 1.57. The number of nitrogens with two attached hydrogens (primary N) is 1. The summed E-state index contributed by atoms with van der Waals surface area (Å²) >= 11 is 5.94. The van der Waals surface area contributed by atoms with Crippen molar-refractivity contribution in [2.24, 2.45) is 5.73 Å². The molecule has 0 aliphatic heterocycles. The summed E-state index contributed by atoms with van der Waals surface area (Å²) in [6.45, 7) is 0. The van der Waals surface area contributed by atoms with Crippen LogP contribution in [0.4, 0.5) is 5.69 Å². The first-order chi connectivity index (χ1) is 8.66. The van der Waals surface area contributed by atoms with Gasteiger partial charge in [-0.15, -0.1) is 0 Å². The molecule has 94 valence electrons. The molecule has 0 aliphatic carbocycles. The van der Waals surface area contributed by atoms with Crippen LogP contribution in [-0.2, 0) is 11.2 Å². The molecule has 1 aromatic heterocycles. The van der Waals surface area contributed by atoms with Crippen LogP contribution in [0, 0.1) is 0 Å². The second-order valence-corrected chi connectivity index (χ2v) is 4.26. The van der Waals surface area contributed by atoms with Crippen LogP contribution in [0.3, 0.4) is 0 Å². The van der Waals surface area contributed by atoms with Gasteiger partial charge in [0.2, 0.25) is 5.91 Å². The molecule has 0 fully saturated rings. The number of H-pyrrole nitrogens is 1. The smallest absolute Gasteiger partial charge is 0.241 e. The number of carbonyl (C=O) groups excluding carboxylic acids is 1. The van der Waals surface area contributed by atoms with Crippen molar-refractivity contribution in [1.29, 1.82) is 0 Å². The number of benzene rings is 1. The average molecular weight is 265 g/mol. The highest BCUT2D eigenvalue weighted by Gasteiger charge is 2.15. The minimum absolute atomic E-state index is 0.280. The summed E-state index contributed by atoms with van der Waals surface area (Å²) in [5.74, 6) is -0.280. The van der Waals surface area contributed by atoms with Crippen molar-refractivity contribution in [3.8, 4) is 0 Å². The van der Waals surface area contributed by atoms with Gasteiger partial charge >= 0.3 is 0 Å². The van der Waals surface area contributed by atoms with Gasteiger partial charge in [-0.05, 0) is 12.1 Å². The highest BCUT2D eigenvalue weighted by atomic mass is 35.5. The second-order valence-electron chi connectivity index (χ2n) is 3.86. The minimum Gasteiger partial charge on any atom is -0.348 e. The zero-order chi connectivity index (χ0) is 13.0. The van der Waals surface area contributed by atoms with Crippen molar-refractivity contribution in [3.05, 3.63) is 47.5 Å². The van der Waals surface area contributed by atoms with E-state index in [4.69, 9.17) is 17.3 Å². The third-order valence-electron chi connectivity index (χ3n) is 2.46. The number of nitrogens with zero attached hydrogens (tertiary/aromatic N) is 1. The van der Waals surface area contributed by atoms with Crippen molar-refractivity contribution < 1.29 is 4.79 Å². The minimum atomic E-state index is -0.651. The van der Waals surface area contributed by atoms with Crippen LogP contribution in [0.2, 0.25) is 5.02 Å². The molecule has 4 N–H and O–H groups in total. The molecule has 0 aliphatic rings. The number of rotatable bonds is 4. The molecule has 5 nitrogen and oxygen atoms in total. The molecule has 2 aromatic rings. The van der Waals surface area contributed by atoms with Crippen LogP contribution in [0.5, 0.6) is 0 Å². The molecule has 0 radical (unpaired) electrons. The molecule has 0 bridgehead atoms. The van der Waals surface area contributed by atoms with Crippen LogP contribution in [0.1, 0.15) is 5.69 Å². The van der Waals surface area contributed by atoms with Crippen molar-refractivity contribution in [3.63, 3.8) is 0 Å². The van der Waals surface area contributed by atoms with Crippen molar-refractivity contribution in [2.75, 3.05) is 5.32 Å². The first kappa shape index (κ1) is 12.6. The quantitative estimate of drug-likeness (QED) is 0.784. The Morgan fingerprint density at radius 3 is 2.94 bits per heavy atom. The number of halogens is 1. The number of hydrogen-bond acceptors (Lipinski definition) is 3. The zero-order valence-electron chi connectivity index (χ0n) is 9.56. The molecular weight excluding hydrogens is 252 g/mol. The summed E-state index contributed by atoms with van der Waals surface area (Å²) in [7, 11) is 0. The fourth-order valence-electron chi connectivity index (χ4n) is 1.51. The largest absolute Gasteiger partial charge is 0.348 e. The van der Waals surface area contributed by atoms with Gasteiger partial charge in [-0.3, -0.25) is 4.79 Å². The molecule has 1 amide bonds. The highest BCUT2D eigenvalue weighted by molar-refractivity contribution is 6.33. The lowest BCUT2D eigenvalue weighted by Crippen LogP contribution is -2.37. The number of amides is 1. The van der Waals surface area contributed by atoms with Gasteiger partial charge in [0.25, 0.3) is 0 Å². The number of aromatic amines is 1. The Morgan fingerprint density at radius 2 is 2.28 bits per heavy atom. The van der Waals surface area contributed by atoms with E-state index < -0.39 is 6.04 Å². The maximum atomic E-state index is 11.9. The molecule has 1 aromatic carbocycles. The molecule has 2 rings (SSSR count). The molecule has 6 heteroatoms. The number of anilines is 1. The fraction of sp³-hybridized carbons (Fsp3) is 0.167. The molecule has 0 spiro atoms. The van der Waals surface area contributed by atoms with Gasteiger partial charge in [0.15, 0.2) is 0 Å². The normalized spacial score (nSPS) is 12.1. The molecule has 18 heavy (non-hydrogen) atoms. The van der Waals surface area contributed by atoms with E-state index in [9.17, 15) is 4.79 Å². The van der Waals surface area contributed by atoms with Crippen LogP contribution in [-0.4, -0.2) is 21.9 Å². The maximum absolute atomic E-state index is 11.9. The van der Waals surface area contributed by atoms with E-state index in [1.165, 1.54) is 0 Å². The molecule has 1 heterocycles. The lowest BCUT2D eigenvalue weighted by Gasteiger charge is -2.12. The Morgan fingerprint density at radius 1 is 1.50 bits per heavy atom. The molecule has 0 saturated carbocycles. The second kappa shape index (κ2) is 5.66. The van der Waals surface area contributed by atoms with Crippen molar-refractivity contribution >= 4 is 23.2 Å². The van der Waals surface area contributed by atoms with Crippen molar-refractivity contribution in [1.82, 2.24) is 9.97 Å². The SMILES string of the molecule is N[C@@H](Cc1cnc[nH]1)C(=O)Nc1ccccc1Cl. The number of aromatic nitrogens is 2. The van der Waals surface area contributed by atoms with Gasteiger partial charge in [-0.25, -0.2) is 4.98 Å². The van der Waals surface area contributed by atoms with E-state index in [1.54, 1.807) is 36.8 Å². The third-order valence-corrected chi connectivity index (χ3v) is 2.79. The van der Waals surface area contributed by atoms with Crippen LogP contribution in [0.25, 0.3) is 0 Å². The number of carbonyl (C=O) groups is 1. The number of imidazole rings is 1. The van der Waals surface area contributed by atoms with Gasteiger partial charge in [-0.1, -0.05) is 23.7 Å². The van der Waals surface area contributed by atoms with Crippen LogP contribution >= 0.6 is 11.6 Å². The first-order valence-electron chi connectivity index (χ1n) is 5.45. The van der Waals surface area contributed by atoms with E-state index in [0.29, 0.717) is 17.1 Å². The van der Waals surface area contributed by atoms with E-state index in [-0.39, 0.29) is 5.91 Å². The number of nitrogens with one attached hydrogen (secondary N) is 2. The van der Waals surface area contributed by atoms with Gasteiger partial charge in [0.05, 0.1) is 23.1 Å². The summed E-state index contributed by atoms with van der Waals surface area (Å²) in [5.41, 5.74) is 7.18. The average Bonchev–Trinajstić information content (AvgIpc) is 2.84. The highest BCUT2D eigenvalue weighted by Crippen LogP contribution is 2.20. The lowest BCUT2D eigenvalue weighted by molar-refractivity contribution is -0.117. The first-order valence-corrected chi connectivity index (χ1v) is 5.83. The topological polar surface area (TPSA) is 83.8 Å². The molecular formula is C12H13ClN4O. The third kappa shape index (κ3) is 3.09. The number of para-hydroxylation sites is 1. The monoisotopic (exact) mass is 264 g/mol. The maximum Gasteiger partial charge on any atom is 0.241 e. The van der Waals surface area contributed by atoms with Crippen LogP contribution in [0.15, 0.2) is 36.8 Å². The standard InChI is InChI=1S/C12H13ClN4O/c13-9-3-1-2-4-11(9)17-12(18)10(14)5-8-6-15-7-16-8/h1-4,6-7,10H,5,14H2,(H,15,16)(H,17,18)/t10-/m0/s1. The Kier molecular flexibility index (Phi) is 3.96. The summed E-state index contributed by atoms with van der Waals surface area (Å²) < 4.78 is 0. The van der Waals surface area contributed by atoms with E-state index in [0.717, 1.165) is 5.69 Å². The molecule has 1 atom stereocenters. The molecule has 0 unspecified atom stereocenters. The lowest BCUT2D eigenvalue weighted by atomic mass is 10.1. The number of hydrogen-bond donors (Lipinski definition) is 3. The van der Waals surface area contributed by atoms with E-state index in [1.807, 2.05) is 0 Å². The Bertz CT molecular complexity index is 527. The summed E-state index contributed by atoms with van der Waals surface area (Å²) in [5, 5.41) is 3.18. The Labute approximate surface area is 109 Å². The van der Waals surface area contributed by atoms with Gasteiger partial charge in [0.1, 0.15) is 0 Å². The van der Waals surface area contributed by atoms with E-state index >= 15 is 0 Å². The van der Waals surface area contributed by atoms with Gasteiger partial charge < -0.3 is 16.0 Å². The van der Waals surface area contributed by atoms with Crippen LogP contribution < -0.4 is 11.1 Å². The van der Waals surface area contributed by atoms with Gasteiger partial charge in [-0.2, -0.15) is 0 Å². The Hall–Kier alpha value is -1.85. The van der Waals surface area contributed by atoms with E-state index in [2.05, 4.69) is 15.3 Å². The summed E-state index contributed by atoms with van der Waals surface area (Å²) in [4.78, 5) is 18.6. The summed E-state index contributed by atoms with van der Waals surface area (Å²) in [6.07, 6.45) is 3.59. The Balaban J connectivity index is 1.98. The van der Waals surface area contributed by atoms with Gasteiger partial charge in [0, 0.05) is 18.3 Å². The zero-order valence-corrected chi connectivity index (χ0v) is 10.3. The van der Waals surface area contributed by atoms with Crippen molar-refractivity contribution in [2.45, 2.75) is 12.5 Å². The molecule has 0 saturated heterocycles. The predicted molar refractivity (Wildman–Crippen MR) is 70.3 cm³/mol. The fourth-order valence-corrected chi connectivity index (χ4v) is 1.70. The summed E-state index contributed by atoms with van der Waals surface area (Å²) in [6, 6.07) is 6.37.